The van der Waals surface area contributed by atoms with Crippen molar-refractivity contribution in [3.05, 3.63) is 24.3 Å². The van der Waals surface area contributed by atoms with E-state index in [1.165, 1.54) is 25.7 Å². The zero-order valence-corrected chi connectivity index (χ0v) is 15.2. The summed E-state index contributed by atoms with van der Waals surface area (Å²) in [5, 5.41) is 0. The highest BCUT2D eigenvalue weighted by molar-refractivity contribution is 7.90. The molecule has 2 N–H and O–H groups in total. The summed E-state index contributed by atoms with van der Waals surface area (Å²) >= 11 is 0. The number of anilines is 2. The molecule has 0 spiro atoms. The first-order chi connectivity index (χ1) is 11.6. The summed E-state index contributed by atoms with van der Waals surface area (Å²) in [5.74, 6) is 0. The molecular weight excluding hydrogens is 324 g/mol. The van der Waals surface area contributed by atoms with Crippen molar-refractivity contribution in [2.24, 2.45) is 0 Å². The second-order valence-electron chi connectivity index (χ2n) is 6.61. The molecule has 24 heavy (non-hydrogen) atoms. The highest BCUT2D eigenvalue weighted by Crippen LogP contribution is 2.26. The molecule has 0 amide bonds. The first-order valence-electron chi connectivity index (χ1n) is 8.94. The molecule has 1 saturated heterocycles. The zero-order valence-electron chi connectivity index (χ0n) is 14.4. The van der Waals surface area contributed by atoms with Gasteiger partial charge in [0.15, 0.2) is 0 Å². The summed E-state index contributed by atoms with van der Waals surface area (Å²) in [6.45, 7) is 6.46. The highest BCUT2D eigenvalue weighted by Gasteiger charge is 2.26. The van der Waals surface area contributed by atoms with Crippen LogP contribution in [0.3, 0.4) is 0 Å². The Labute approximate surface area is 145 Å². The maximum atomic E-state index is 11.7. The van der Waals surface area contributed by atoms with E-state index < -0.39 is 10.2 Å². The van der Waals surface area contributed by atoms with Gasteiger partial charge >= 0.3 is 0 Å². The van der Waals surface area contributed by atoms with Gasteiger partial charge < -0.3 is 4.90 Å². The van der Waals surface area contributed by atoms with Crippen molar-refractivity contribution >= 4 is 21.6 Å². The van der Waals surface area contributed by atoms with Crippen molar-refractivity contribution in [3.63, 3.8) is 0 Å². The summed E-state index contributed by atoms with van der Waals surface area (Å²) < 4.78 is 28.4. The molecule has 1 aliphatic carbocycles. The van der Waals surface area contributed by atoms with Crippen LogP contribution in [-0.2, 0) is 10.2 Å². The van der Waals surface area contributed by atoms with E-state index in [1.807, 2.05) is 24.3 Å². The lowest BCUT2D eigenvalue weighted by atomic mass is 10.1. The predicted molar refractivity (Wildman–Crippen MR) is 98.7 cm³/mol. The molecule has 6 nitrogen and oxygen atoms in total. The Morgan fingerprint density at radius 3 is 2.25 bits per heavy atom. The molecule has 134 valence electrons. The van der Waals surface area contributed by atoms with E-state index in [2.05, 4.69) is 19.2 Å². The van der Waals surface area contributed by atoms with Gasteiger partial charge in [0.05, 0.1) is 0 Å². The number of benzene rings is 1. The van der Waals surface area contributed by atoms with Crippen LogP contribution in [0.2, 0.25) is 0 Å². The third kappa shape index (κ3) is 4.40. The lowest BCUT2D eigenvalue weighted by Gasteiger charge is -2.39. The second-order valence-corrected chi connectivity index (χ2v) is 8.11. The van der Waals surface area contributed by atoms with Crippen molar-refractivity contribution in [2.45, 2.75) is 38.6 Å². The Morgan fingerprint density at radius 1 is 1.04 bits per heavy atom. The van der Waals surface area contributed by atoms with Crippen molar-refractivity contribution in [1.82, 2.24) is 9.62 Å². The van der Waals surface area contributed by atoms with Gasteiger partial charge in [0.1, 0.15) is 0 Å². The van der Waals surface area contributed by atoms with Crippen LogP contribution in [-0.4, -0.2) is 52.1 Å². The molecule has 2 aliphatic rings. The van der Waals surface area contributed by atoms with Crippen LogP contribution in [0.5, 0.6) is 0 Å². The Bertz CT molecular complexity index is 618. The van der Waals surface area contributed by atoms with Gasteiger partial charge in [-0.05, 0) is 37.1 Å². The largest absolute Gasteiger partial charge is 0.369 e. The third-order valence-corrected chi connectivity index (χ3v) is 6.15. The smallest absolute Gasteiger partial charge is 0.299 e. The second kappa shape index (κ2) is 7.72. The molecular formula is C17H28N4O2S. The molecule has 0 radical (unpaired) electrons. The van der Waals surface area contributed by atoms with Crippen molar-refractivity contribution in [3.8, 4) is 0 Å². The van der Waals surface area contributed by atoms with Gasteiger partial charge in [-0.2, -0.15) is 13.1 Å². The highest BCUT2D eigenvalue weighted by atomic mass is 32.2. The number of hydrogen-bond donors (Lipinski definition) is 2. The number of nitrogens with zero attached hydrogens (tertiary/aromatic N) is 2. The molecule has 0 aromatic heterocycles. The average molecular weight is 353 g/mol. The minimum atomic E-state index is -3.46. The molecule has 1 heterocycles. The van der Waals surface area contributed by atoms with E-state index in [9.17, 15) is 8.42 Å². The van der Waals surface area contributed by atoms with E-state index in [1.54, 1.807) is 6.92 Å². The zero-order chi connectivity index (χ0) is 17.0. The van der Waals surface area contributed by atoms with E-state index in [-0.39, 0.29) is 0 Å². The van der Waals surface area contributed by atoms with E-state index >= 15 is 0 Å². The number of hydrogen-bond acceptors (Lipinski definition) is 4. The summed E-state index contributed by atoms with van der Waals surface area (Å²) in [6.07, 6.45) is 5.49. The average Bonchev–Trinajstić information content (AvgIpc) is 3.10. The topological polar surface area (TPSA) is 64.7 Å². The van der Waals surface area contributed by atoms with Gasteiger partial charge in [0, 0.05) is 50.1 Å². The first kappa shape index (κ1) is 17.5. The van der Waals surface area contributed by atoms with Crippen molar-refractivity contribution < 1.29 is 8.42 Å². The Kier molecular flexibility index (Phi) is 5.63. The first-order valence-corrected chi connectivity index (χ1v) is 10.4. The molecule has 1 aromatic rings. The lowest BCUT2D eigenvalue weighted by Crippen LogP contribution is -2.49. The summed E-state index contributed by atoms with van der Waals surface area (Å²) in [4.78, 5) is 5.02. The standard InChI is InChI=1S/C17H28N4O2S/c1-2-18-24(22,23)19-15-7-9-17(10-8-15)21-13-11-20(12-14-21)16-5-3-4-6-16/h7-10,16,18-19H,2-6,11-14H2,1H3. The maximum absolute atomic E-state index is 11.7. The maximum Gasteiger partial charge on any atom is 0.299 e. The fraction of sp³-hybridized carbons (Fsp3) is 0.647. The Morgan fingerprint density at radius 2 is 1.67 bits per heavy atom. The van der Waals surface area contributed by atoms with Gasteiger partial charge in [-0.1, -0.05) is 19.8 Å². The summed E-state index contributed by atoms with van der Waals surface area (Å²) in [6, 6.07) is 8.44. The van der Waals surface area contributed by atoms with Crippen molar-refractivity contribution in [1.29, 1.82) is 0 Å². The van der Waals surface area contributed by atoms with Gasteiger partial charge in [0.2, 0.25) is 0 Å². The molecule has 1 saturated carbocycles. The molecule has 7 heteroatoms. The normalized spacial score (nSPS) is 20.5. The molecule has 1 aromatic carbocycles. The van der Waals surface area contributed by atoms with Crippen LogP contribution in [0.25, 0.3) is 0 Å². The molecule has 2 fully saturated rings. The minimum absolute atomic E-state index is 0.374. The fourth-order valence-corrected chi connectivity index (χ4v) is 4.63. The SMILES string of the molecule is CCNS(=O)(=O)Nc1ccc(N2CCN(C3CCCC3)CC2)cc1. The molecule has 1 aliphatic heterocycles. The molecule has 0 unspecified atom stereocenters. The van der Waals surface area contributed by atoms with Crippen molar-refractivity contribution in [2.75, 3.05) is 42.3 Å². The molecule has 0 bridgehead atoms. The fourth-order valence-electron chi connectivity index (χ4n) is 3.74. The van der Waals surface area contributed by atoms with Gasteiger partial charge in [0.25, 0.3) is 10.2 Å². The molecule has 0 atom stereocenters. The van der Waals surface area contributed by atoms with Gasteiger partial charge in [-0.15, -0.1) is 0 Å². The number of piperazine rings is 1. The van der Waals surface area contributed by atoms with E-state index in [0.717, 1.165) is 37.9 Å². The quantitative estimate of drug-likeness (QED) is 0.822. The van der Waals surface area contributed by atoms with Gasteiger partial charge in [-0.25, -0.2) is 0 Å². The van der Waals surface area contributed by atoms with Crippen LogP contribution in [0, 0.1) is 0 Å². The predicted octanol–water partition coefficient (Wildman–Crippen LogP) is 2.02. The summed E-state index contributed by atoms with van der Waals surface area (Å²) in [7, 11) is -3.46. The van der Waals surface area contributed by atoms with E-state index in [4.69, 9.17) is 0 Å². The molecule has 3 rings (SSSR count). The van der Waals surface area contributed by atoms with Crippen LogP contribution >= 0.6 is 0 Å². The van der Waals surface area contributed by atoms with Crippen LogP contribution in [0.1, 0.15) is 32.6 Å². The van der Waals surface area contributed by atoms with Crippen LogP contribution in [0.15, 0.2) is 24.3 Å². The Balaban J connectivity index is 1.54. The summed E-state index contributed by atoms with van der Waals surface area (Å²) in [5.41, 5.74) is 1.75. The number of rotatable bonds is 6. The third-order valence-electron chi connectivity index (χ3n) is 4.97. The number of nitrogens with one attached hydrogen (secondary N) is 2. The lowest BCUT2D eigenvalue weighted by molar-refractivity contribution is 0.187. The van der Waals surface area contributed by atoms with Crippen LogP contribution < -0.4 is 14.3 Å². The van der Waals surface area contributed by atoms with E-state index in [0.29, 0.717) is 12.2 Å². The monoisotopic (exact) mass is 352 g/mol. The van der Waals surface area contributed by atoms with Gasteiger partial charge in [-0.3, -0.25) is 9.62 Å². The minimum Gasteiger partial charge on any atom is -0.369 e. The Hall–Kier alpha value is -1.31. The van der Waals surface area contributed by atoms with Crippen LogP contribution in [0.4, 0.5) is 11.4 Å².